The Morgan fingerprint density at radius 1 is 0.771 bits per heavy atom. The van der Waals surface area contributed by atoms with Gasteiger partial charge in [-0.2, -0.15) is 9.78 Å². The lowest BCUT2D eigenvalue weighted by atomic mass is 10.1. The molecule has 0 fully saturated rings. The number of pyridine rings is 1. The van der Waals surface area contributed by atoms with E-state index in [1.165, 1.54) is 11.8 Å². The molecule has 3 aromatic rings. The lowest BCUT2D eigenvalue weighted by Crippen LogP contribution is -2.15. The predicted octanol–water partition coefficient (Wildman–Crippen LogP) is 4.72. The first kappa shape index (κ1) is 22.0. The van der Waals surface area contributed by atoms with Gasteiger partial charge in [0.25, 0.3) is 5.56 Å². The van der Waals surface area contributed by atoms with Crippen LogP contribution in [0, 0.1) is 0 Å². The molecule has 0 aliphatic carbocycles. The standard InChI is InChI=1S/C27H21N3O5/c1-33-20-12-10-19(11-13-20)30-26(31)23-16-29(17-24(25(23)28-30)27(32)34-2)18-8-14-22(15-9-18)35-21-6-4-3-5-7-21/h3-17H,1-2H3. The van der Waals surface area contributed by atoms with Gasteiger partial charge >= 0.3 is 5.97 Å². The van der Waals surface area contributed by atoms with E-state index in [9.17, 15) is 9.59 Å². The molecule has 35 heavy (non-hydrogen) atoms. The molecule has 0 saturated heterocycles. The van der Waals surface area contributed by atoms with Crippen LogP contribution in [0.3, 0.4) is 0 Å². The highest BCUT2D eigenvalue weighted by molar-refractivity contribution is 5.96. The number of benzene rings is 3. The summed E-state index contributed by atoms with van der Waals surface area (Å²) in [5.41, 5.74) is 1.66. The maximum atomic E-state index is 13.3. The normalized spacial score (nSPS) is 10.8. The first-order valence-corrected chi connectivity index (χ1v) is 10.8. The van der Waals surface area contributed by atoms with Crippen LogP contribution in [0.4, 0.5) is 0 Å². The molecule has 0 atom stereocenters. The number of nitrogens with zero attached hydrogens (tertiary/aromatic N) is 3. The molecule has 0 amide bonds. The van der Waals surface area contributed by atoms with E-state index in [0.717, 1.165) is 11.4 Å². The van der Waals surface area contributed by atoms with Crippen LogP contribution < -0.4 is 15.0 Å². The van der Waals surface area contributed by atoms with Crippen LogP contribution >= 0.6 is 0 Å². The SMILES string of the molecule is COC(=O)c1cn(-c2ccc(Oc3ccccc3)cc2)cc2c(=O)n(-c3ccc(OC)cc3)nc1-2. The molecule has 2 heterocycles. The lowest BCUT2D eigenvalue weighted by molar-refractivity contribution is 0.0600. The van der Waals surface area contributed by atoms with Gasteiger partial charge in [0.05, 0.1) is 25.5 Å². The van der Waals surface area contributed by atoms with Gasteiger partial charge in [0.1, 0.15) is 28.5 Å². The van der Waals surface area contributed by atoms with Crippen molar-refractivity contribution in [2.75, 3.05) is 14.2 Å². The summed E-state index contributed by atoms with van der Waals surface area (Å²) in [5, 5.41) is 4.43. The number of para-hydroxylation sites is 1. The molecule has 5 rings (SSSR count). The number of hydrogen-bond acceptors (Lipinski definition) is 6. The molecule has 3 aromatic carbocycles. The molecule has 8 nitrogen and oxygen atoms in total. The Morgan fingerprint density at radius 2 is 1.40 bits per heavy atom. The fourth-order valence-corrected chi connectivity index (χ4v) is 3.72. The summed E-state index contributed by atoms with van der Waals surface area (Å²) in [6, 6.07) is 23.7. The monoisotopic (exact) mass is 467 g/mol. The molecule has 0 spiro atoms. The molecule has 2 aliphatic heterocycles. The smallest absolute Gasteiger partial charge is 0.341 e. The number of rotatable bonds is 6. The molecule has 0 saturated carbocycles. The van der Waals surface area contributed by atoms with Crippen molar-refractivity contribution in [2.24, 2.45) is 0 Å². The summed E-state index contributed by atoms with van der Waals surface area (Å²) in [4.78, 5) is 25.9. The lowest BCUT2D eigenvalue weighted by Gasteiger charge is -2.12. The van der Waals surface area contributed by atoms with Crippen LogP contribution in [0.2, 0.25) is 0 Å². The van der Waals surface area contributed by atoms with Crippen molar-refractivity contribution in [3.8, 4) is 39.9 Å². The quantitative estimate of drug-likeness (QED) is 0.336. The fraction of sp³-hybridized carbons (Fsp3) is 0.0741. The predicted molar refractivity (Wildman–Crippen MR) is 130 cm³/mol. The van der Waals surface area contributed by atoms with Crippen LogP contribution in [0.5, 0.6) is 17.2 Å². The highest BCUT2D eigenvalue weighted by atomic mass is 16.5. The molecule has 0 radical (unpaired) electrons. The van der Waals surface area contributed by atoms with E-state index in [0.29, 0.717) is 17.2 Å². The van der Waals surface area contributed by atoms with Gasteiger partial charge in [-0.15, -0.1) is 0 Å². The van der Waals surface area contributed by atoms with E-state index in [1.54, 1.807) is 48.3 Å². The molecular weight excluding hydrogens is 446 g/mol. The summed E-state index contributed by atoms with van der Waals surface area (Å²) in [6.07, 6.45) is 3.26. The molecule has 0 bridgehead atoms. The van der Waals surface area contributed by atoms with Crippen molar-refractivity contribution in [2.45, 2.75) is 0 Å². The largest absolute Gasteiger partial charge is 0.497 e. The van der Waals surface area contributed by atoms with Gasteiger partial charge in [-0.1, -0.05) is 18.2 Å². The maximum Gasteiger partial charge on any atom is 0.341 e. The number of methoxy groups -OCH3 is 2. The zero-order chi connectivity index (χ0) is 24.4. The van der Waals surface area contributed by atoms with E-state index in [-0.39, 0.29) is 22.4 Å². The van der Waals surface area contributed by atoms with Crippen LogP contribution in [0.1, 0.15) is 10.4 Å². The molecular formula is C27H21N3O5. The number of carbonyl (C=O) groups excluding carboxylic acids is 1. The van der Waals surface area contributed by atoms with Crippen LogP contribution in [0.25, 0.3) is 22.6 Å². The molecule has 0 N–H and O–H groups in total. The van der Waals surface area contributed by atoms with Gasteiger partial charge in [-0.3, -0.25) is 4.79 Å². The zero-order valence-electron chi connectivity index (χ0n) is 19.0. The average Bonchev–Trinajstić information content (AvgIpc) is 3.25. The molecule has 8 heteroatoms. The Hall–Kier alpha value is -4.85. The van der Waals surface area contributed by atoms with Crippen molar-refractivity contribution < 1.29 is 19.0 Å². The Morgan fingerprint density at radius 3 is 2.06 bits per heavy atom. The summed E-state index contributed by atoms with van der Waals surface area (Å²) in [6.45, 7) is 0. The van der Waals surface area contributed by atoms with Gasteiger partial charge in [0.15, 0.2) is 0 Å². The Labute approximate surface area is 200 Å². The Bertz CT molecular complexity index is 1500. The summed E-state index contributed by atoms with van der Waals surface area (Å²) in [5.74, 6) is 1.45. The van der Waals surface area contributed by atoms with Gasteiger partial charge in [0, 0.05) is 18.1 Å². The van der Waals surface area contributed by atoms with Gasteiger partial charge < -0.3 is 18.8 Å². The second-order valence-electron chi connectivity index (χ2n) is 7.66. The van der Waals surface area contributed by atoms with Crippen molar-refractivity contribution in [1.29, 1.82) is 0 Å². The molecule has 0 aromatic heterocycles. The Balaban J connectivity index is 1.57. The van der Waals surface area contributed by atoms with Crippen molar-refractivity contribution in [1.82, 2.24) is 14.3 Å². The molecule has 0 unspecified atom stereocenters. The average molecular weight is 467 g/mol. The summed E-state index contributed by atoms with van der Waals surface area (Å²) >= 11 is 0. The third-order valence-corrected chi connectivity index (χ3v) is 5.51. The van der Waals surface area contributed by atoms with E-state index in [4.69, 9.17) is 14.2 Å². The van der Waals surface area contributed by atoms with E-state index in [1.807, 2.05) is 54.6 Å². The van der Waals surface area contributed by atoms with E-state index < -0.39 is 5.97 Å². The summed E-state index contributed by atoms with van der Waals surface area (Å²) in [7, 11) is 2.86. The minimum absolute atomic E-state index is 0.180. The van der Waals surface area contributed by atoms with Crippen molar-refractivity contribution >= 4 is 5.97 Å². The highest BCUT2D eigenvalue weighted by Crippen LogP contribution is 2.27. The zero-order valence-corrected chi connectivity index (χ0v) is 19.0. The van der Waals surface area contributed by atoms with Crippen molar-refractivity contribution in [3.63, 3.8) is 0 Å². The van der Waals surface area contributed by atoms with Gasteiger partial charge in [-0.05, 0) is 60.7 Å². The minimum atomic E-state index is -0.590. The van der Waals surface area contributed by atoms with Gasteiger partial charge in [0.2, 0.25) is 0 Å². The molecule has 174 valence electrons. The number of fused-ring (bicyclic) bond motifs is 1. The topological polar surface area (TPSA) is 84.6 Å². The molecule has 2 aliphatic rings. The van der Waals surface area contributed by atoms with Crippen LogP contribution in [-0.4, -0.2) is 34.5 Å². The van der Waals surface area contributed by atoms with Crippen molar-refractivity contribution in [3.05, 3.63) is 107 Å². The minimum Gasteiger partial charge on any atom is -0.497 e. The highest BCUT2D eigenvalue weighted by Gasteiger charge is 2.25. The second-order valence-corrected chi connectivity index (χ2v) is 7.66. The van der Waals surface area contributed by atoms with Crippen LogP contribution in [0.15, 0.2) is 96.1 Å². The maximum absolute atomic E-state index is 13.3. The summed E-state index contributed by atoms with van der Waals surface area (Å²) < 4.78 is 19.0. The third-order valence-electron chi connectivity index (χ3n) is 5.51. The number of aromatic nitrogens is 3. The second kappa shape index (κ2) is 9.18. The van der Waals surface area contributed by atoms with Crippen LogP contribution in [-0.2, 0) is 4.74 Å². The van der Waals surface area contributed by atoms with Gasteiger partial charge in [-0.25, -0.2) is 4.79 Å². The fourth-order valence-electron chi connectivity index (χ4n) is 3.72. The third kappa shape index (κ3) is 4.24. The number of hydrogen-bond donors (Lipinski definition) is 0. The first-order valence-electron chi connectivity index (χ1n) is 10.8. The van der Waals surface area contributed by atoms with E-state index in [2.05, 4.69) is 5.10 Å². The number of ether oxygens (including phenoxy) is 3. The van der Waals surface area contributed by atoms with E-state index >= 15 is 0 Å². The Kier molecular flexibility index (Phi) is 5.76. The number of esters is 1. The number of carbonyl (C=O) groups is 1. The first-order chi connectivity index (χ1) is 17.1.